The van der Waals surface area contributed by atoms with Crippen LogP contribution in [0.25, 0.3) is 6.08 Å². The number of allylic oxidation sites excluding steroid dienone is 1. The van der Waals surface area contributed by atoms with Gasteiger partial charge in [-0.3, -0.25) is 4.90 Å². The molecule has 1 aromatic carbocycles. The molecule has 1 saturated carbocycles. The molecule has 0 saturated heterocycles. The second kappa shape index (κ2) is 12.8. The Morgan fingerprint density at radius 2 is 2.03 bits per heavy atom. The van der Waals surface area contributed by atoms with E-state index in [0.29, 0.717) is 6.04 Å². The van der Waals surface area contributed by atoms with Gasteiger partial charge in [-0.25, -0.2) is 0 Å². The van der Waals surface area contributed by atoms with E-state index in [9.17, 15) is 0 Å². The molecule has 30 heavy (non-hydrogen) atoms. The molecule has 0 bridgehead atoms. The molecule has 0 heterocycles. The Morgan fingerprint density at radius 3 is 2.70 bits per heavy atom. The minimum Gasteiger partial charge on any atom is -0.391 e. The smallest absolute Gasteiger partial charge is 0.0492 e. The molecule has 0 radical (unpaired) electrons. The summed E-state index contributed by atoms with van der Waals surface area (Å²) in [5.41, 5.74) is 5.10. The van der Waals surface area contributed by atoms with Crippen LogP contribution in [0.1, 0.15) is 62.1 Å². The van der Waals surface area contributed by atoms with Gasteiger partial charge in [0.05, 0.1) is 0 Å². The van der Waals surface area contributed by atoms with Crippen molar-refractivity contribution < 1.29 is 0 Å². The highest BCUT2D eigenvalue weighted by molar-refractivity contribution is 5.53. The Labute approximate surface area is 185 Å². The maximum atomic E-state index is 4.24. The van der Waals surface area contributed by atoms with Crippen LogP contribution >= 0.6 is 0 Å². The number of hydrogen-bond acceptors (Lipinski definition) is 3. The predicted octanol–water partition coefficient (Wildman–Crippen LogP) is 5.54. The monoisotopic (exact) mass is 409 g/mol. The topological polar surface area (TPSA) is 27.3 Å². The first-order chi connectivity index (χ1) is 14.5. The van der Waals surface area contributed by atoms with Crippen LogP contribution in [0, 0.1) is 5.92 Å². The summed E-state index contributed by atoms with van der Waals surface area (Å²) in [4.78, 5) is 2.40. The first-order valence-electron chi connectivity index (χ1n) is 11.7. The van der Waals surface area contributed by atoms with Gasteiger partial charge < -0.3 is 10.6 Å². The summed E-state index contributed by atoms with van der Waals surface area (Å²) in [5, 5.41) is 6.98. The summed E-state index contributed by atoms with van der Waals surface area (Å²) in [7, 11) is 4.15. The maximum absolute atomic E-state index is 4.24. The van der Waals surface area contributed by atoms with Crippen molar-refractivity contribution in [3.8, 4) is 0 Å². The summed E-state index contributed by atoms with van der Waals surface area (Å²) in [6.45, 7) is 16.4. The molecule has 3 unspecified atom stereocenters. The Hall–Kier alpha value is -1.84. The first-order valence-corrected chi connectivity index (χ1v) is 11.7. The van der Waals surface area contributed by atoms with Gasteiger partial charge in [0.15, 0.2) is 0 Å². The van der Waals surface area contributed by atoms with Gasteiger partial charge in [0, 0.05) is 31.4 Å². The van der Waals surface area contributed by atoms with Gasteiger partial charge in [-0.2, -0.15) is 0 Å². The van der Waals surface area contributed by atoms with Gasteiger partial charge in [0.2, 0.25) is 0 Å². The fourth-order valence-electron chi connectivity index (χ4n) is 4.89. The molecule has 2 N–H and O–H groups in total. The zero-order valence-electron chi connectivity index (χ0n) is 19.6. The summed E-state index contributed by atoms with van der Waals surface area (Å²) in [6, 6.07) is 7.92. The highest BCUT2D eigenvalue weighted by Gasteiger charge is 2.25. The molecule has 3 atom stereocenters. The largest absolute Gasteiger partial charge is 0.391 e. The minimum absolute atomic E-state index is 0.283. The standard InChI is InChI=1S/C27H43N3/c1-7-10-15-27(21(4)28-5)30(6)20-25-19-22(16-17-23(25)8-2)18-24-13-11-12-14-26(24)29-9-3/h7-8,16-17,19,24,26-29H,1-2,4,9-15,18,20H2,3,5-6H3. The average molecular weight is 410 g/mol. The van der Waals surface area contributed by atoms with Crippen molar-refractivity contribution in [2.24, 2.45) is 5.92 Å². The Bertz CT molecular complexity index is 691. The van der Waals surface area contributed by atoms with Crippen molar-refractivity contribution in [1.82, 2.24) is 15.5 Å². The molecule has 3 heteroatoms. The second-order valence-electron chi connectivity index (χ2n) is 8.72. The Balaban J connectivity index is 2.17. The van der Waals surface area contributed by atoms with Gasteiger partial charge >= 0.3 is 0 Å². The normalized spacial score (nSPS) is 20.0. The molecule has 2 rings (SSSR count). The lowest BCUT2D eigenvalue weighted by Gasteiger charge is -2.33. The van der Waals surface area contributed by atoms with Crippen LogP contribution in [0.3, 0.4) is 0 Å². The lowest BCUT2D eigenvalue weighted by Crippen LogP contribution is -2.39. The minimum atomic E-state index is 0.283. The molecule has 0 amide bonds. The summed E-state index contributed by atoms with van der Waals surface area (Å²) >= 11 is 0. The van der Waals surface area contributed by atoms with Crippen LogP contribution < -0.4 is 10.6 Å². The molecular weight excluding hydrogens is 366 g/mol. The molecule has 1 aliphatic carbocycles. The lowest BCUT2D eigenvalue weighted by molar-refractivity contribution is 0.246. The van der Waals surface area contributed by atoms with Crippen LogP contribution in [0.4, 0.5) is 0 Å². The molecule has 0 aliphatic heterocycles. The first kappa shape index (κ1) is 24.4. The van der Waals surface area contributed by atoms with E-state index in [1.165, 1.54) is 42.4 Å². The number of rotatable bonds is 13. The van der Waals surface area contributed by atoms with Crippen LogP contribution in [0.15, 0.2) is 49.7 Å². The van der Waals surface area contributed by atoms with Crippen LogP contribution in [0.2, 0.25) is 0 Å². The summed E-state index contributed by atoms with van der Waals surface area (Å²) in [6.07, 6.45) is 12.5. The van der Waals surface area contributed by atoms with Crippen LogP contribution in [-0.4, -0.2) is 37.6 Å². The van der Waals surface area contributed by atoms with Crippen LogP contribution in [0.5, 0.6) is 0 Å². The Kier molecular flexibility index (Phi) is 10.4. The average Bonchev–Trinajstić information content (AvgIpc) is 2.75. The van der Waals surface area contributed by atoms with E-state index in [1.54, 1.807) is 0 Å². The van der Waals surface area contributed by atoms with Gasteiger partial charge in [-0.05, 0) is 68.3 Å². The van der Waals surface area contributed by atoms with E-state index in [0.717, 1.165) is 44.0 Å². The van der Waals surface area contributed by atoms with Crippen molar-refractivity contribution >= 4 is 6.08 Å². The third-order valence-corrected chi connectivity index (χ3v) is 6.62. The van der Waals surface area contributed by atoms with Crippen molar-refractivity contribution in [1.29, 1.82) is 0 Å². The predicted molar refractivity (Wildman–Crippen MR) is 133 cm³/mol. The molecule has 0 spiro atoms. The van der Waals surface area contributed by atoms with E-state index in [1.807, 2.05) is 19.2 Å². The fourth-order valence-corrected chi connectivity index (χ4v) is 4.89. The van der Waals surface area contributed by atoms with E-state index >= 15 is 0 Å². The number of nitrogens with zero attached hydrogens (tertiary/aromatic N) is 1. The van der Waals surface area contributed by atoms with Crippen LogP contribution in [-0.2, 0) is 13.0 Å². The van der Waals surface area contributed by atoms with E-state index < -0.39 is 0 Å². The molecular formula is C27H43N3. The number of hydrogen-bond donors (Lipinski definition) is 2. The number of benzene rings is 1. The highest BCUT2D eigenvalue weighted by Crippen LogP contribution is 2.29. The third-order valence-electron chi connectivity index (χ3n) is 6.62. The molecule has 1 fully saturated rings. The quantitative estimate of drug-likeness (QED) is 0.419. The van der Waals surface area contributed by atoms with Crippen molar-refractivity contribution in [3.05, 3.63) is 66.4 Å². The summed E-state index contributed by atoms with van der Waals surface area (Å²) in [5.74, 6) is 0.739. The second-order valence-corrected chi connectivity index (χ2v) is 8.72. The molecule has 166 valence electrons. The van der Waals surface area contributed by atoms with E-state index in [-0.39, 0.29) is 6.04 Å². The zero-order valence-corrected chi connectivity index (χ0v) is 19.6. The third kappa shape index (κ3) is 6.85. The van der Waals surface area contributed by atoms with Gasteiger partial charge in [0.25, 0.3) is 0 Å². The fraction of sp³-hybridized carbons (Fsp3) is 0.556. The van der Waals surface area contributed by atoms with Crippen molar-refractivity contribution in [2.75, 3.05) is 20.6 Å². The maximum Gasteiger partial charge on any atom is 0.0492 e. The van der Waals surface area contributed by atoms with Gasteiger partial charge in [0.1, 0.15) is 0 Å². The molecule has 1 aliphatic rings. The summed E-state index contributed by atoms with van der Waals surface area (Å²) < 4.78 is 0. The number of nitrogens with one attached hydrogen (secondary N) is 2. The van der Waals surface area contributed by atoms with E-state index in [4.69, 9.17) is 0 Å². The molecule has 0 aromatic heterocycles. The molecule has 3 nitrogen and oxygen atoms in total. The van der Waals surface area contributed by atoms with Crippen molar-refractivity contribution in [3.63, 3.8) is 0 Å². The lowest BCUT2D eigenvalue weighted by atomic mass is 9.80. The Morgan fingerprint density at radius 1 is 1.27 bits per heavy atom. The zero-order chi connectivity index (χ0) is 21.9. The molecule has 1 aromatic rings. The SMILES string of the molecule is C=CCCC(C(=C)NC)N(C)Cc1cc(CC2CCCCC2NCC)ccc1C=C. The van der Waals surface area contributed by atoms with E-state index in [2.05, 4.69) is 67.4 Å². The number of likely N-dealkylation sites (N-methyl/N-ethyl adjacent to an activating group) is 2. The highest BCUT2D eigenvalue weighted by atomic mass is 15.1. The van der Waals surface area contributed by atoms with Gasteiger partial charge in [-0.15, -0.1) is 6.58 Å². The van der Waals surface area contributed by atoms with Gasteiger partial charge in [-0.1, -0.05) is 63.3 Å². The van der Waals surface area contributed by atoms with Crippen molar-refractivity contribution in [2.45, 2.75) is 70.5 Å².